The number of benzene rings is 2. The van der Waals surface area contributed by atoms with Crippen molar-refractivity contribution in [2.24, 2.45) is 7.05 Å². The summed E-state index contributed by atoms with van der Waals surface area (Å²) in [7, 11) is 5.00. The Kier molecular flexibility index (Phi) is 4.66. The summed E-state index contributed by atoms with van der Waals surface area (Å²) in [5.41, 5.74) is 5.73. The number of ether oxygens (including phenoxy) is 2. The third-order valence-electron chi connectivity index (χ3n) is 5.82. The molecule has 3 heterocycles. The van der Waals surface area contributed by atoms with E-state index in [4.69, 9.17) is 9.47 Å². The van der Waals surface area contributed by atoms with E-state index in [1.54, 1.807) is 42.8 Å². The summed E-state index contributed by atoms with van der Waals surface area (Å²) >= 11 is 0. The second kappa shape index (κ2) is 7.53. The van der Waals surface area contributed by atoms with Crippen LogP contribution in [-0.4, -0.2) is 33.3 Å². The van der Waals surface area contributed by atoms with Crippen molar-refractivity contribution in [1.82, 2.24) is 19.1 Å². The van der Waals surface area contributed by atoms with Crippen molar-refractivity contribution in [3.63, 3.8) is 0 Å². The maximum atomic E-state index is 13.2. The summed E-state index contributed by atoms with van der Waals surface area (Å²) in [5, 5.41) is 0.885. The fourth-order valence-electron chi connectivity index (χ4n) is 4.13. The molecule has 160 valence electrons. The fraction of sp³-hybridized carbons (Fsp3) is 0.160. The summed E-state index contributed by atoms with van der Waals surface area (Å²) in [6, 6.07) is 15.6. The first-order valence-electron chi connectivity index (χ1n) is 10.2. The van der Waals surface area contributed by atoms with Crippen LogP contribution in [0.15, 0.2) is 65.7 Å². The predicted octanol–water partition coefficient (Wildman–Crippen LogP) is 4.27. The minimum Gasteiger partial charge on any atom is -0.493 e. The standard InChI is InChI=1S/C25H22N4O3/c1-15-20(6-5-11-26-15)29-24-18-12-16(17-8-10-22(31-3)23(13-17)32-4)7-9-19(18)27-14-21(24)28(2)25(29)30/h5-14H,1-4H3. The molecule has 7 heteroatoms. The molecule has 0 saturated heterocycles. The van der Waals surface area contributed by atoms with Crippen LogP contribution >= 0.6 is 0 Å². The highest BCUT2D eigenvalue weighted by atomic mass is 16.5. The number of fused-ring (bicyclic) bond motifs is 3. The van der Waals surface area contributed by atoms with Gasteiger partial charge in [0.15, 0.2) is 11.5 Å². The van der Waals surface area contributed by atoms with Gasteiger partial charge in [-0.3, -0.25) is 19.1 Å². The first-order valence-corrected chi connectivity index (χ1v) is 10.2. The van der Waals surface area contributed by atoms with Gasteiger partial charge in [-0.2, -0.15) is 0 Å². The molecule has 2 aromatic carbocycles. The Morgan fingerprint density at radius 3 is 2.41 bits per heavy atom. The highest BCUT2D eigenvalue weighted by Gasteiger charge is 2.18. The molecule has 5 aromatic rings. The fourth-order valence-corrected chi connectivity index (χ4v) is 4.13. The van der Waals surface area contributed by atoms with Crippen molar-refractivity contribution >= 4 is 21.9 Å². The topological polar surface area (TPSA) is 71.2 Å². The van der Waals surface area contributed by atoms with Gasteiger partial charge in [0.1, 0.15) is 0 Å². The van der Waals surface area contributed by atoms with Gasteiger partial charge in [0.2, 0.25) is 0 Å². The van der Waals surface area contributed by atoms with E-state index in [1.807, 2.05) is 49.4 Å². The zero-order valence-corrected chi connectivity index (χ0v) is 18.3. The number of rotatable bonds is 4. The van der Waals surface area contributed by atoms with Gasteiger partial charge in [-0.15, -0.1) is 0 Å². The number of nitrogens with zero attached hydrogens (tertiary/aromatic N) is 4. The molecule has 0 spiro atoms. The number of aromatic nitrogens is 4. The van der Waals surface area contributed by atoms with Crippen LogP contribution in [0.2, 0.25) is 0 Å². The maximum absolute atomic E-state index is 13.2. The van der Waals surface area contributed by atoms with Crippen molar-refractivity contribution in [2.75, 3.05) is 14.2 Å². The van der Waals surface area contributed by atoms with Crippen LogP contribution in [0.3, 0.4) is 0 Å². The van der Waals surface area contributed by atoms with Gasteiger partial charge in [-0.1, -0.05) is 12.1 Å². The molecule has 0 bridgehead atoms. The number of pyridine rings is 2. The van der Waals surface area contributed by atoms with Gasteiger partial charge >= 0.3 is 5.69 Å². The van der Waals surface area contributed by atoms with Crippen LogP contribution in [0, 0.1) is 6.92 Å². The third-order valence-corrected chi connectivity index (χ3v) is 5.82. The lowest BCUT2D eigenvalue weighted by Gasteiger charge is -2.11. The Morgan fingerprint density at radius 1 is 0.906 bits per heavy atom. The van der Waals surface area contributed by atoms with E-state index in [1.165, 1.54) is 0 Å². The van der Waals surface area contributed by atoms with Gasteiger partial charge in [0.25, 0.3) is 0 Å². The van der Waals surface area contributed by atoms with E-state index in [-0.39, 0.29) is 5.69 Å². The lowest BCUT2D eigenvalue weighted by atomic mass is 10.0. The van der Waals surface area contributed by atoms with Crippen molar-refractivity contribution in [3.8, 4) is 28.3 Å². The molecule has 5 rings (SSSR count). The summed E-state index contributed by atoms with van der Waals surface area (Å²) in [6.45, 7) is 1.90. The molecule has 7 nitrogen and oxygen atoms in total. The molecule has 0 amide bonds. The Morgan fingerprint density at radius 2 is 1.66 bits per heavy atom. The number of methoxy groups -OCH3 is 2. The Bertz CT molecular complexity index is 1550. The monoisotopic (exact) mass is 426 g/mol. The largest absolute Gasteiger partial charge is 0.493 e. The summed E-state index contributed by atoms with van der Waals surface area (Å²) in [5.74, 6) is 1.33. The van der Waals surface area contributed by atoms with E-state index < -0.39 is 0 Å². The molecule has 0 aliphatic rings. The van der Waals surface area contributed by atoms with Crippen molar-refractivity contribution in [2.45, 2.75) is 6.92 Å². The third kappa shape index (κ3) is 2.93. The lowest BCUT2D eigenvalue weighted by molar-refractivity contribution is 0.355. The number of imidazole rings is 1. The van der Waals surface area contributed by atoms with Crippen molar-refractivity contribution in [3.05, 3.63) is 77.1 Å². The molecule has 0 unspecified atom stereocenters. The molecule has 32 heavy (non-hydrogen) atoms. The quantitative estimate of drug-likeness (QED) is 0.429. The number of aryl methyl sites for hydroxylation is 2. The van der Waals surface area contributed by atoms with Gasteiger partial charge < -0.3 is 9.47 Å². The van der Waals surface area contributed by atoms with E-state index in [0.717, 1.165) is 44.4 Å². The number of hydrogen-bond acceptors (Lipinski definition) is 5. The first-order chi connectivity index (χ1) is 15.5. The second-order valence-electron chi connectivity index (χ2n) is 7.58. The van der Waals surface area contributed by atoms with Gasteiger partial charge in [-0.25, -0.2) is 4.79 Å². The van der Waals surface area contributed by atoms with E-state index in [0.29, 0.717) is 11.5 Å². The minimum atomic E-state index is -0.137. The second-order valence-corrected chi connectivity index (χ2v) is 7.58. The van der Waals surface area contributed by atoms with Crippen LogP contribution in [0.25, 0.3) is 38.8 Å². The molecular weight excluding hydrogens is 404 g/mol. The highest BCUT2D eigenvalue weighted by Crippen LogP contribution is 2.34. The lowest BCUT2D eigenvalue weighted by Crippen LogP contribution is -2.21. The van der Waals surface area contributed by atoms with E-state index in [2.05, 4.69) is 16.0 Å². The molecule has 0 fully saturated rings. The Balaban J connectivity index is 1.83. The minimum absolute atomic E-state index is 0.137. The smallest absolute Gasteiger partial charge is 0.333 e. The SMILES string of the molecule is COc1ccc(-c2ccc3ncc4c(c3c2)n(-c2cccnc2C)c(=O)n4C)cc1OC. The van der Waals surface area contributed by atoms with Crippen LogP contribution in [0.4, 0.5) is 0 Å². The molecule has 0 atom stereocenters. The Hall–Kier alpha value is -4.13. The normalized spacial score (nSPS) is 11.2. The van der Waals surface area contributed by atoms with Crippen molar-refractivity contribution in [1.29, 1.82) is 0 Å². The van der Waals surface area contributed by atoms with Crippen LogP contribution in [-0.2, 0) is 7.05 Å². The Labute approximate surface area is 184 Å². The van der Waals surface area contributed by atoms with Crippen molar-refractivity contribution < 1.29 is 9.47 Å². The summed E-state index contributed by atoms with van der Waals surface area (Å²) < 4.78 is 14.2. The van der Waals surface area contributed by atoms with E-state index in [9.17, 15) is 4.79 Å². The average Bonchev–Trinajstić information content (AvgIpc) is 3.09. The molecular formula is C25H22N4O3. The first kappa shape index (κ1) is 19.8. The average molecular weight is 426 g/mol. The molecule has 0 aliphatic carbocycles. The summed E-state index contributed by atoms with van der Waals surface area (Å²) in [6.07, 6.45) is 3.47. The van der Waals surface area contributed by atoms with Crippen LogP contribution in [0.5, 0.6) is 11.5 Å². The van der Waals surface area contributed by atoms with Crippen LogP contribution in [0.1, 0.15) is 5.69 Å². The highest BCUT2D eigenvalue weighted by molar-refractivity contribution is 6.04. The molecule has 0 N–H and O–H groups in total. The molecule has 0 radical (unpaired) electrons. The van der Waals surface area contributed by atoms with Gasteiger partial charge in [0.05, 0.1) is 48.3 Å². The van der Waals surface area contributed by atoms with Crippen LogP contribution < -0.4 is 15.2 Å². The molecule has 0 saturated carbocycles. The predicted molar refractivity (Wildman–Crippen MR) is 125 cm³/mol. The number of hydrogen-bond donors (Lipinski definition) is 0. The zero-order valence-electron chi connectivity index (χ0n) is 18.3. The van der Waals surface area contributed by atoms with Gasteiger partial charge in [0, 0.05) is 18.6 Å². The van der Waals surface area contributed by atoms with E-state index >= 15 is 0 Å². The van der Waals surface area contributed by atoms with Gasteiger partial charge in [-0.05, 0) is 54.4 Å². The maximum Gasteiger partial charge on any atom is 0.333 e. The summed E-state index contributed by atoms with van der Waals surface area (Å²) in [4.78, 5) is 22.2. The molecule has 3 aromatic heterocycles. The molecule has 0 aliphatic heterocycles. The zero-order chi connectivity index (χ0) is 22.4.